The summed E-state index contributed by atoms with van der Waals surface area (Å²) in [5.74, 6) is 2.03. The van der Waals surface area contributed by atoms with E-state index in [1.165, 1.54) is 0 Å². The average Bonchev–Trinajstić information content (AvgIpc) is 2.43. The molecule has 0 saturated carbocycles. The summed E-state index contributed by atoms with van der Waals surface area (Å²) in [5.41, 5.74) is 6.29. The molecule has 2 aromatic rings. The Labute approximate surface area is 121 Å². The molecule has 0 aliphatic rings. The first kappa shape index (κ1) is 13.7. The topological polar surface area (TPSA) is 47.6 Å². The summed E-state index contributed by atoms with van der Waals surface area (Å²) in [6, 6.07) is 14.4. The molecular formula is C14H12Cl2N2O. The van der Waals surface area contributed by atoms with Crippen LogP contribution in [-0.4, -0.2) is 11.7 Å². The predicted molar refractivity (Wildman–Crippen MR) is 80.0 cm³/mol. The Morgan fingerprint density at radius 3 is 2.05 bits per heavy atom. The minimum Gasteiger partial charge on any atom is -0.457 e. The van der Waals surface area contributed by atoms with Gasteiger partial charge in [0.25, 0.3) is 0 Å². The van der Waals surface area contributed by atoms with Crippen molar-refractivity contribution in [1.82, 2.24) is 0 Å². The number of amidine groups is 1. The molecule has 19 heavy (non-hydrogen) atoms. The highest BCUT2D eigenvalue weighted by Gasteiger charge is 1.98. The molecule has 0 atom stereocenters. The summed E-state index contributed by atoms with van der Waals surface area (Å²) in [7, 11) is 0. The summed E-state index contributed by atoms with van der Waals surface area (Å²) in [4.78, 5) is 4.13. The van der Waals surface area contributed by atoms with Crippen molar-refractivity contribution in [3.8, 4) is 11.5 Å². The Bertz CT molecular complexity index is 565. The fourth-order valence-corrected chi connectivity index (χ4v) is 1.61. The average molecular weight is 295 g/mol. The van der Waals surface area contributed by atoms with E-state index in [-0.39, 0.29) is 5.88 Å². The highest BCUT2D eigenvalue weighted by atomic mass is 35.5. The Morgan fingerprint density at radius 2 is 1.53 bits per heavy atom. The second-order valence-electron chi connectivity index (χ2n) is 3.79. The molecule has 0 saturated heterocycles. The number of nitrogens with zero attached hydrogens (tertiary/aromatic N) is 1. The van der Waals surface area contributed by atoms with Gasteiger partial charge in [0.15, 0.2) is 0 Å². The predicted octanol–water partition coefficient (Wildman–Crippen LogP) is 4.36. The quantitative estimate of drug-likeness (QED) is 0.517. The van der Waals surface area contributed by atoms with Crippen LogP contribution in [0.3, 0.4) is 0 Å². The number of ether oxygens (including phenoxy) is 1. The molecule has 0 unspecified atom stereocenters. The first-order valence-electron chi connectivity index (χ1n) is 5.60. The van der Waals surface area contributed by atoms with Gasteiger partial charge in [-0.3, -0.25) is 0 Å². The van der Waals surface area contributed by atoms with Crippen molar-refractivity contribution in [2.75, 3.05) is 5.88 Å². The number of nitrogens with two attached hydrogens (primary N) is 1. The number of alkyl halides is 1. The molecule has 0 bridgehead atoms. The van der Waals surface area contributed by atoms with Gasteiger partial charge in [-0.2, -0.15) is 0 Å². The normalized spacial score (nSPS) is 11.4. The Morgan fingerprint density at radius 1 is 1.00 bits per heavy atom. The summed E-state index contributed by atoms with van der Waals surface area (Å²) < 4.78 is 5.66. The minimum absolute atomic E-state index is 0.211. The molecule has 5 heteroatoms. The maximum absolute atomic E-state index is 5.80. The molecule has 0 fully saturated rings. The van der Waals surface area contributed by atoms with E-state index in [4.69, 9.17) is 33.7 Å². The number of hydrogen-bond donors (Lipinski definition) is 1. The maximum atomic E-state index is 5.80. The summed E-state index contributed by atoms with van der Waals surface area (Å²) in [6.07, 6.45) is 0. The SMILES string of the molecule is NC(CCl)=Nc1ccc(Oc2ccc(Cl)cc2)cc1. The Kier molecular flexibility index (Phi) is 4.66. The van der Waals surface area contributed by atoms with Crippen LogP contribution in [0.1, 0.15) is 0 Å². The molecule has 0 aliphatic heterocycles. The zero-order valence-electron chi connectivity index (χ0n) is 10.0. The monoisotopic (exact) mass is 294 g/mol. The smallest absolute Gasteiger partial charge is 0.127 e. The van der Waals surface area contributed by atoms with Gasteiger partial charge >= 0.3 is 0 Å². The summed E-state index contributed by atoms with van der Waals surface area (Å²) in [5, 5.41) is 0.675. The van der Waals surface area contributed by atoms with Crippen LogP contribution in [0.4, 0.5) is 5.69 Å². The van der Waals surface area contributed by atoms with Crippen LogP contribution in [0.2, 0.25) is 5.02 Å². The van der Waals surface area contributed by atoms with E-state index >= 15 is 0 Å². The summed E-state index contributed by atoms with van der Waals surface area (Å²) >= 11 is 11.4. The second kappa shape index (κ2) is 6.45. The molecule has 0 spiro atoms. The van der Waals surface area contributed by atoms with Gasteiger partial charge in [0.1, 0.15) is 17.3 Å². The van der Waals surface area contributed by atoms with E-state index in [9.17, 15) is 0 Å². The lowest BCUT2D eigenvalue weighted by atomic mass is 10.3. The van der Waals surface area contributed by atoms with E-state index < -0.39 is 0 Å². The third-order valence-corrected chi connectivity index (χ3v) is 2.82. The molecule has 0 radical (unpaired) electrons. The number of halogens is 2. The van der Waals surface area contributed by atoms with Crippen LogP contribution in [-0.2, 0) is 0 Å². The lowest BCUT2D eigenvalue weighted by Gasteiger charge is -2.05. The van der Waals surface area contributed by atoms with Gasteiger partial charge in [-0.15, -0.1) is 11.6 Å². The second-order valence-corrected chi connectivity index (χ2v) is 4.49. The molecule has 0 aliphatic carbocycles. The lowest BCUT2D eigenvalue weighted by Crippen LogP contribution is -2.12. The maximum Gasteiger partial charge on any atom is 0.127 e. The lowest BCUT2D eigenvalue weighted by molar-refractivity contribution is 0.483. The molecule has 3 nitrogen and oxygen atoms in total. The van der Waals surface area contributed by atoms with Crippen LogP contribution < -0.4 is 10.5 Å². The largest absolute Gasteiger partial charge is 0.457 e. The molecule has 2 N–H and O–H groups in total. The summed E-state index contributed by atoms with van der Waals surface area (Å²) in [6.45, 7) is 0. The van der Waals surface area contributed by atoms with Gasteiger partial charge < -0.3 is 10.5 Å². The van der Waals surface area contributed by atoms with E-state index in [1.807, 2.05) is 24.3 Å². The van der Waals surface area contributed by atoms with Gasteiger partial charge in [0.05, 0.1) is 11.6 Å². The molecular weight excluding hydrogens is 283 g/mol. The Hall–Kier alpha value is -1.71. The van der Waals surface area contributed by atoms with Crippen molar-refractivity contribution in [3.05, 3.63) is 53.6 Å². The van der Waals surface area contributed by atoms with Gasteiger partial charge in [0.2, 0.25) is 0 Å². The van der Waals surface area contributed by atoms with E-state index in [1.54, 1.807) is 24.3 Å². The van der Waals surface area contributed by atoms with Crippen LogP contribution in [0.5, 0.6) is 11.5 Å². The molecule has 2 rings (SSSR count). The zero-order valence-corrected chi connectivity index (χ0v) is 11.5. The third kappa shape index (κ3) is 4.16. The highest BCUT2D eigenvalue weighted by Crippen LogP contribution is 2.25. The van der Waals surface area contributed by atoms with Crippen LogP contribution >= 0.6 is 23.2 Å². The first-order chi connectivity index (χ1) is 9.17. The van der Waals surface area contributed by atoms with Gasteiger partial charge in [-0.1, -0.05) is 11.6 Å². The van der Waals surface area contributed by atoms with Crippen molar-refractivity contribution < 1.29 is 4.74 Å². The van der Waals surface area contributed by atoms with Crippen molar-refractivity contribution >= 4 is 34.7 Å². The third-order valence-electron chi connectivity index (χ3n) is 2.30. The van der Waals surface area contributed by atoms with Gasteiger partial charge in [-0.05, 0) is 48.5 Å². The first-order valence-corrected chi connectivity index (χ1v) is 6.51. The minimum atomic E-state index is 0.211. The van der Waals surface area contributed by atoms with Gasteiger partial charge in [-0.25, -0.2) is 4.99 Å². The molecule has 0 heterocycles. The number of benzene rings is 2. The molecule has 2 aromatic carbocycles. The standard InChI is InChI=1S/C14H12Cl2N2O/c15-9-14(17)18-11-3-7-13(8-4-11)19-12-5-1-10(16)2-6-12/h1-8H,9H2,(H2,17,18). The molecule has 0 aromatic heterocycles. The van der Waals surface area contributed by atoms with Gasteiger partial charge in [0, 0.05) is 5.02 Å². The Balaban J connectivity index is 2.08. The number of aliphatic imine (C=N–C) groups is 1. The van der Waals surface area contributed by atoms with Crippen LogP contribution in [0.25, 0.3) is 0 Å². The van der Waals surface area contributed by atoms with Crippen LogP contribution in [0, 0.1) is 0 Å². The number of rotatable bonds is 4. The fraction of sp³-hybridized carbons (Fsp3) is 0.0714. The van der Waals surface area contributed by atoms with E-state index in [0.29, 0.717) is 16.6 Å². The highest BCUT2D eigenvalue weighted by molar-refractivity contribution is 6.30. The van der Waals surface area contributed by atoms with Crippen molar-refractivity contribution in [2.24, 2.45) is 10.7 Å². The number of hydrogen-bond acceptors (Lipinski definition) is 2. The molecule has 98 valence electrons. The van der Waals surface area contributed by atoms with Crippen molar-refractivity contribution in [2.45, 2.75) is 0 Å². The zero-order chi connectivity index (χ0) is 13.7. The van der Waals surface area contributed by atoms with Crippen molar-refractivity contribution in [1.29, 1.82) is 0 Å². The van der Waals surface area contributed by atoms with E-state index in [0.717, 1.165) is 11.4 Å². The van der Waals surface area contributed by atoms with E-state index in [2.05, 4.69) is 4.99 Å². The van der Waals surface area contributed by atoms with Crippen LogP contribution in [0.15, 0.2) is 53.5 Å². The fourth-order valence-electron chi connectivity index (χ4n) is 1.42. The van der Waals surface area contributed by atoms with Crippen molar-refractivity contribution in [3.63, 3.8) is 0 Å². The molecule has 0 amide bonds.